The molecule has 1 N–H and O–H groups in total. The molecule has 0 aliphatic carbocycles. The first-order valence-corrected chi connectivity index (χ1v) is 10.1. The Morgan fingerprint density at radius 2 is 1.96 bits per heavy atom. The second-order valence-electron chi connectivity index (χ2n) is 7.13. The molecule has 5 heteroatoms. The van der Waals surface area contributed by atoms with Crippen LogP contribution >= 0.6 is 11.8 Å². The van der Waals surface area contributed by atoms with E-state index in [1.807, 2.05) is 16.7 Å². The van der Waals surface area contributed by atoms with Crippen molar-refractivity contribution < 1.29 is 9.90 Å². The number of piperidine rings is 2. The predicted octanol–water partition coefficient (Wildman–Crippen LogP) is 2.61. The maximum absolute atomic E-state index is 12.0. The summed E-state index contributed by atoms with van der Waals surface area (Å²) in [7, 11) is 0. The maximum Gasteiger partial charge on any atom is 0.222 e. The molecule has 1 spiro atoms. The highest BCUT2D eigenvalue weighted by Gasteiger charge is 2.40. The fourth-order valence-electron chi connectivity index (χ4n) is 4.09. The van der Waals surface area contributed by atoms with Gasteiger partial charge in [-0.25, -0.2) is 0 Å². The van der Waals surface area contributed by atoms with Crippen molar-refractivity contribution in [3.05, 3.63) is 29.8 Å². The van der Waals surface area contributed by atoms with Gasteiger partial charge in [0.1, 0.15) is 0 Å². The normalized spacial score (nSPS) is 21.4. The van der Waals surface area contributed by atoms with Gasteiger partial charge >= 0.3 is 0 Å². The summed E-state index contributed by atoms with van der Waals surface area (Å²) in [6, 6.07) is 8.67. The summed E-state index contributed by atoms with van der Waals surface area (Å²) in [5.41, 5.74) is 1.69. The minimum absolute atomic E-state index is 0.0689. The number of benzene rings is 1. The molecule has 1 aromatic rings. The molecule has 2 fully saturated rings. The van der Waals surface area contributed by atoms with E-state index in [1.165, 1.54) is 10.5 Å². The lowest BCUT2D eigenvalue weighted by molar-refractivity contribution is -0.139. The number of hydrogen-bond donors (Lipinski definition) is 1. The van der Waals surface area contributed by atoms with Crippen molar-refractivity contribution in [1.82, 2.24) is 9.80 Å². The molecular weight excluding hydrogens is 320 g/mol. The Hall–Kier alpha value is -1.04. The van der Waals surface area contributed by atoms with Crippen LogP contribution in [0.4, 0.5) is 0 Å². The van der Waals surface area contributed by atoms with Crippen LogP contribution in [-0.4, -0.2) is 59.9 Å². The number of thioether (sulfide) groups is 1. The van der Waals surface area contributed by atoms with Crippen molar-refractivity contribution in [1.29, 1.82) is 0 Å². The van der Waals surface area contributed by atoms with E-state index in [2.05, 4.69) is 35.4 Å². The number of carbonyl (C=O) groups is 1. The first kappa shape index (κ1) is 17.8. The van der Waals surface area contributed by atoms with E-state index in [0.29, 0.717) is 13.0 Å². The van der Waals surface area contributed by atoms with Gasteiger partial charge in [-0.15, -0.1) is 11.8 Å². The Balaban J connectivity index is 1.58. The minimum Gasteiger partial charge on any atom is -0.395 e. The Kier molecular flexibility index (Phi) is 5.85. The minimum atomic E-state index is 0.0689. The van der Waals surface area contributed by atoms with Crippen LogP contribution < -0.4 is 0 Å². The molecule has 0 saturated carbocycles. The monoisotopic (exact) mass is 348 g/mol. The Bertz CT molecular complexity index is 570. The van der Waals surface area contributed by atoms with Crippen LogP contribution in [0.3, 0.4) is 0 Å². The quantitative estimate of drug-likeness (QED) is 0.831. The molecule has 0 atom stereocenters. The van der Waals surface area contributed by atoms with Crippen LogP contribution in [0.2, 0.25) is 0 Å². The van der Waals surface area contributed by atoms with Gasteiger partial charge in [-0.05, 0) is 55.7 Å². The van der Waals surface area contributed by atoms with E-state index in [-0.39, 0.29) is 17.9 Å². The third kappa shape index (κ3) is 3.95. The zero-order valence-electron chi connectivity index (χ0n) is 14.5. The number of rotatable bonds is 5. The number of likely N-dealkylation sites (tertiary alicyclic amines) is 2. The molecule has 2 saturated heterocycles. The predicted molar refractivity (Wildman–Crippen MR) is 98.1 cm³/mol. The molecule has 24 heavy (non-hydrogen) atoms. The first-order chi connectivity index (χ1) is 11.7. The Morgan fingerprint density at radius 1 is 1.21 bits per heavy atom. The van der Waals surface area contributed by atoms with E-state index in [1.54, 1.807) is 0 Å². The topological polar surface area (TPSA) is 43.8 Å². The Morgan fingerprint density at radius 3 is 2.67 bits per heavy atom. The molecule has 0 unspecified atom stereocenters. The van der Waals surface area contributed by atoms with Crippen LogP contribution in [-0.2, 0) is 11.3 Å². The number of carbonyl (C=O) groups excluding carboxylic acids is 1. The summed E-state index contributed by atoms with van der Waals surface area (Å²) in [4.78, 5) is 17.8. The highest BCUT2D eigenvalue weighted by molar-refractivity contribution is 7.98. The zero-order chi connectivity index (χ0) is 17.0. The third-order valence-electron chi connectivity index (χ3n) is 5.62. The highest BCUT2D eigenvalue weighted by Crippen LogP contribution is 2.40. The zero-order valence-corrected chi connectivity index (χ0v) is 15.4. The molecule has 2 aliphatic heterocycles. The second kappa shape index (κ2) is 7.89. The Labute approximate surface area is 149 Å². The van der Waals surface area contributed by atoms with E-state index in [0.717, 1.165) is 45.4 Å². The summed E-state index contributed by atoms with van der Waals surface area (Å²) >= 11 is 1.82. The van der Waals surface area contributed by atoms with Gasteiger partial charge in [-0.2, -0.15) is 0 Å². The van der Waals surface area contributed by atoms with Gasteiger partial charge < -0.3 is 10.0 Å². The van der Waals surface area contributed by atoms with Gasteiger partial charge in [0.05, 0.1) is 6.61 Å². The molecule has 4 nitrogen and oxygen atoms in total. The third-order valence-corrected chi connectivity index (χ3v) is 6.46. The van der Waals surface area contributed by atoms with Gasteiger partial charge in [0.15, 0.2) is 0 Å². The fourth-order valence-corrected chi connectivity index (χ4v) is 4.70. The fraction of sp³-hybridized carbons (Fsp3) is 0.632. The van der Waals surface area contributed by atoms with Crippen LogP contribution in [0.1, 0.15) is 31.2 Å². The number of aliphatic hydroxyl groups is 1. The van der Waals surface area contributed by atoms with Gasteiger partial charge in [-0.1, -0.05) is 18.2 Å². The average molecular weight is 349 g/mol. The van der Waals surface area contributed by atoms with Crippen LogP contribution in [0.25, 0.3) is 0 Å². The van der Waals surface area contributed by atoms with Gasteiger partial charge in [-0.3, -0.25) is 9.69 Å². The van der Waals surface area contributed by atoms with E-state index < -0.39 is 0 Å². The maximum atomic E-state index is 12.0. The van der Waals surface area contributed by atoms with Crippen molar-refractivity contribution in [3.8, 4) is 0 Å². The molecule has 3 rings (SSSR count). The number of amides is 1. The average Bonchev–Trinajstić information content (AvgIpc) is 2.61. The molecular formula is C19H28N2O2S. The van der Waals surface area contributed by atoms with Gasteiger partial charge in [0.2, 0.25) is 5.91 Å². The smallest absolute Gasteiger partial charge is 0.222 e. The van der Waals surface area contributed by atoms with E-state index >= 15 is 0 Å². The summed E-state index contributed by atoms with van der Waals surface area (Å²) in [5.74, 6) is 0.214. The molecule has 2 heterocycles. The molecule has 0 bridgehead atoms. The summed E-state index contributed by atoms with van der Waals surface area (Å²) < 4.78 is 0. The lowest BCUT2D eigenvalue weighted by Gasteiger charge is -2.47. The van der Waals surface area contributed by atoms with Gasteiger partial charge in [0.25, 0.3) is 0 Å². The molecule has 0 radical (unpaired) electrons. The highest BCUT2D eigenvalue weighted by atomic mass is 32.2. The lowest BCUT2D eigenvalue weighted by atomic mass is 9.72. The summed E-state index contributed by atoms with van der Waals surface area (Å²) in [6.45, 7) is 4.62. The van der Waals surface area contributed by atoms with Gasteiger partial charge in [0, 0.05) is 31.0 Å². The van der Waals surface area contributed by atoms with Crippen molar-refractivity contribution in [2.24, 2.45) is 5.41 Å². The standard InChI is InChI=1S/C19H28N2O2S/c1-24-17-5-3-2-4-16(17)14-20-10-8-19(9-11-20)7-6-18(23)21(15-19)12-13-22/h2-5,22H,6-15H2,1H3. The summed E-state index contributed by atoms with van der Waals surface area (Å²) in [6.07, 6.45) is 6.12. The molecule has 0 aromatic heterocycles. The number of β-amino-alcohol motifs (C(OH)–C–C–N with tert-alkyl or cyclic N) is 1. The second-order valence-corrected chi connectivity index (χ2v) is 7.97. The van der Waals surface area contributed by atoms with Crippen LogP contribution in [0.15, 0.2) is 29.2 Å². The SMILES string of the molecule is CSc1ccccc1CN1CCC2(CCC(=O)N(CCO)C2)CC1. The van der Waals surface area contributed by atoms with E-state index in [9.17, 15) is 9.90 Å². The largest absolute Gasteiger partial charge is 0.395 e. The first-order valence-electron chi connectivity index (χ1n) is 8.89. The number of hydrogen-bond acceptors (Lipinski definition) is 4. The molecule has 1 amide bonds. The van der Waals surface area contributed by atoms with Crippen LogP contribution in [0.5, 0.6) is 0 Å². The van der Waals surface area contributed by atoms with Crippen LogP contribution in [0, 0.1) is 5.41 Å². The van der Waals surface area contributed by atoms with Crippen molar-refractivity contribution in [2.75, 3.05) is 39.0 Å². The van der Waals surface area contributed by atoms with Crippen molar-refractivity contribution >= 4 is 17.7 Å². The van der Waals surface area contributed by atoms with Crippen molar-refractivity contribution in [2.45, 2.75) is 37.1 Å². The summed E-state index contributed by atoms with van der Waals surface area (Å²) in [5, 5.41) is 9.17. The van der Waals surface area contributed by atoms with Crippen molar-refractivity contribution in [3.63, 3.8) is 0 Å². The number of aliphatic hydroxyl groups excluding tert-OH is 1. The van der Waals surface area contributed by atoms with E-state index in [4.69, 9.17) is 0 Å². The molecule has 132 valence electrons. The lowest BCUT2D eigenvalue weighted by Crippen LogP contribution is -2.51. The molecule has 1 aromatic carbocycles. The number of nitrogens with zero attached hydrogens (tertiary/aromatic N) is 2. The molecule has 2 aliphatic rings.